The molecular weight excluding hydrogens is 236 g/mol. The van der Waals surface area contributed by atoms with Gasteiger partial charge in [-0.25, -0.2) is 0 Å². The minimum Gasteiger partial charge on any atom is -0.342 e. The van der Waals surface area contributed by atoms with Gasteiger partial charge in [0.05, 0.1) is 5.69 Å². The number of Topliss-reactive ketones (excluding diaryl/α,β-unsaturated/α-hetero) is 1. The van der Waals surface area contributed by atoms with Crippen LogP contribution in [0.15, 0.2) is 18.3 Å². The lowest BCUT2D eigenvalue weighted by atomic mass is 9.98. The van der Waals surface area contributed by atoms with E-state index in [2.05, 4.69) is 29.9 Å². The number of nitrogens with zero attached hydrogens (tertiary/aromatic N) is 1. The van der Waals surface area contributed by atoms with Gasteiger partial charge in [0.1, 0.15) is 0 Å². The molecule has 3 nitrogen and oxygen atoms in total. The van der Waals surface area contributed by atoms with Gasteiger partial charge in [-0.05, 0) is 44.0 Å². The van der Waals surface area contributed by atoms with E-state index < -0.39 is 0 Å². The zero-order valence-corrected chi connectivity index (χ0v) is 12.2. The number of hydrogen-bond donors (Lipinski definition) is 1. The third-order valence-electron chi connectivity index (χ3n) is 4.08. The third kappa shape index (κ3) is 3.69. The highest BCUT2D eigenvalue weighted by Crippen LogP contribution is 2.23. The first-order valence-corrected chi connectivity index (χ1v) is 7.63. The maximum atomic E-state index is 12.4. The van der Waals surface area contributed by atoms with E-state index in [1.807, 2.05) is 12.1 Å². The molecule has 2 heterocycles. The number of carbonyl (C=O) groups is 1. The molecule has 0 bridgehead atoms. The normalized spacial score (nSPS) is 18.4. The molecule has 1 fully saturated rings. The molecule has 1 atom stereocenters. The second-order valence-corrected chi connectivity index (χ2v) is 5.80. The molecule has 1 saturated heterocycles. The summed E-state index contributed by atoms with van der Waals surface area (Å²) < 4.78 is 2.21. The number of aromatic nitrogens is 1. The van der Waals surface area contributed by atoms with Crippen LogP contribution in [0.5, 0.6) is 0 Å². The molecule has 1 aromatic heterocycles. The van der Waals surface area contributed by atoms with Gasteiger partial charge in [-0.15, -0.1) is 0 Å². The van der Waals surface area contributed by atoms with Crippen LogP contribution >= 0.6 is 0 Å². The molecule has 2 rings (SSSR count). The van der Waals surface area contributed by atoms with Crippen molar-refractivity contribution in [3.63, 3.8) is 0 Å². The van der Waals surface area contributed by atoms with Gasteiger partial charge < -0.3 is 9.88 Å². The lowest BCUT2D eigenvalue weighted by Gasteiger charge is -2.26. The SMILES string of the molecule is CCCC(C)CC(=O)c1cccn1C1CCNCC1. The standard InChI is InChI=1S/C16H26N2O/c1-3-5-13(2)12-16(19)15-6-4-11-18(15)14-7-9-17-10-8-14/h4,6,11,13-14,17H,3,5,7-10,12H2,1-2H3. The molecule has 1 aromatic rings. The van der Waals surface area contributed by atoms with Crippen molar-refractivity contribution in [1.82, 2.24) is 9.88 Å². The average Bonchev–Trinajstić information content (AvgIpc) is 2.89. The summed E-state index contributed by atoms with van der Waals surface area (Å²) in [5, 5.41) is 3.38. The molecule has 106 valence electrons. The molecule has 3 heteroatoms. The van der Waals surface area contributed by atoms with Crippen molar-refractivity contribution in [3.8, 4) is 0 Å². The van der Waals surface area contributed by atoms with E-state index in [0.717, 1.165) is 44.5 Å². The molecule has 0 aliphatic carbocycles. The maximum Gasteiger partial charge on any atom is 0.179 e. The molecule has 1 unspecified atom stereocenters. The highest BCUT2D eigenvalue weighted by Gasteiger charge is 2.20. The smallest absolute Gasteiger partial charge is 0.179 e. The highest BCUT2D eigenvalue weighted by atomic mass is 16.1. The van der Waals surface area contributed by atoms with Gasteiger partial charge in [-0.3, -0.25) is 4.79 Å². The van der Waals surface area contributed by atoms with Crippen LogP contribution in [0.25, 0.3) is 0 Å². The van der Waals surface area contributed by atoms with E-state index in [4.69, 9.17) is 0 Å². The Morgan fingerprint density at radius 3 is 2.89 bits per heavy atom. The highest BCUT2D eigenvalue weighted by molar-refractivity contribution is 5.94. The van der Waals surface area contributed by atoms with Gasteiger partial charge in [-0.1, -0.05) is 26.7 Å². The van der Waals surface area contributed by atoms with Crippen LogP contribution in [0.4, 0.5) is 0 Å². The number of ketones is 1. The Morgan fingerprint density at radius 1 is 1.47 bits per heavy atom. The van der Waals surface area contributed by atoms with Crippen LogP contribution in [-0.2, 0) is 0 Å². The van der Waals surface area contributed by atoms with Gasteiger partial charge in [0.25, 0.3) is 0 Å². The van der Waals surface area contributed by atoms with Crippen molar-refractivity contribution in [2.75, 3.05) is 13.1 Å². The van der Waals surface area contributed by atoms with Crippen LogP contribution in [0.3, 0.4) is 0 Å². The minimum absolute atomic E-state index is 0.310. The number of piperidine rings is 1. The lowest BCUT2D eigenvalue weighted by Crippen LogP contribution is -2.30. The van der Waals surface area contributed by atoms with Crippen LogP contribution < -0.4 is 5.32 Å². The van der Waals surface area contributed by atoms with E-state index in [1.165, 1.54) is 0 Å². The number of rotatable bonds is 6. The Bertz CT molecular complexity index is 405. The molecule has 0 spiro atoms. The molecule has 0 aromatic carbocycles. The average molecular weight is 262 g/mol. The number of nitrogens with one attached hydrogen (secondary N) is 1. The van der Waals surface area contributed by atoms with Crippen molar-refractivity contribution in [1.29, 1.82) is 0 Å². The minimum atomic E-state index is 0.310. The first-order valence-electron chi connectivity index (χ1n) is 7.63. The molecule has 0 radical (unpaired) electrons. The lowest BCUT2D eigenvalue weighted by molar-refractivity contribution is 0.0950. The molecule has 0 amide bonds. The predicted molar refractivity (Wildman–Crippen MR) is 78.6 cm³/mol. The topological polar surface area (TPSA) is 34.0 Å². The van der Waals surface area contributed by atoms with Crippen molar-refractivity contribution in [3.05, 3.63) is 24.0 Å². The van der Waals surface area contributed by atoms with E-state index in [-0.39, 0.29) is 0 Å². The summed E-state index contributed by atoms with van der Waals surface area (Å²) in [7, 11) is 0. The Kier molecular flexibility index (Phi) is 5.20. The second kappa shape index (κ2) is 6.90. The summed E-state index contributed by atoms with van der Waals surface area (Å²) in [5.74, 6) is 0.804. The van der Waals surface area contributed by atoms with E-state index >= 15 is 0 Å². The van der Waals surface area contributed by atoms with Crippen molar-refractivity contribution < 1.29 is 4.79 Å². The molecule has 1 N–H and O–H groups in total. The van der Waals surface area contributed by atoms with Crippen LogP contribution in [0, 0.1) is 5.92 Å². The van der Waals surface area contributed by atoms with E-state index in [0.29, 0.717) is 24.2 Å². The Labute approximate surface area is 116 Å². The van der Waals surface area contributed by atoms with Crippen LogP contribution in [0.1, 0.15) is 62.5 Å². The monoisotopic (exact) mass is 262 g/mol. The van der Waals surface area contributed by atoms with Crippen LogP contribution in [-0.4, -0.2) is 23.4 Å². The summed E-state index contributed by atoms with van der Waals surface area (Å²) in [6.07, 6.45) is 7.30. The fourth-order valence-electron chi connectivity index (χ4n) is 3.05. The largest absolute Gasteiger partial charge is 0.342 e. The summed E-state index contributed by atoms with van der Waals surface area (Å²) in [4.78, 5) is 12.4. The fraction of sp³-hybridized carbons (Fsp3) is 0.688. The summed E-state index contributed by atoms with van der Waals surface area (Å²) in [6.45, 7) is 6.48. The van der Waals surface area contributed by atoms with Crippen LogP contribution in [0.2, 0.25) is 0 Å². The number of hydrogen-bond acceptors (Lipinski definition) is 2. The van der Waals surface area contributed by atoms with E-state index in [9.17, 15) is 4.79 Å². The zero-order chi connectivity index (χ0) is 13.7. The summed E-state index contributed by atoms with van der Waals surface area (Å²) in [6, 6.07) is 4.50. The Balaban J connectivity index is 2.03. The number of carbonyl (C=O) groups excluding carboxylic acids is 1. The van der Waals surface area contributed by atoms with Gasteiger partial charge >= 0.3 is 0 Å². The van der Waals surface area contributed by atoms with Gasteiger partial charge in [0.15, 0.2) is 5.78 Å². The van der Waals surface area contributed by atoms with Gasteiger partial charge in [-0.2, -0.15) is 0 Å². The Morgan fingerprint density at radius 2 is 2.21 bits per heavy atom. The molecule has 19 heavy (non-hydrogen) atoms. The van der Waals surface area contributed by atoms with Crippen molar-refractivity contribution >= 4 is 5.78 Å². The zero-order valence-electron chi connectivity index (χ0n) is 12.2. The summed E-state index contributed by atoms with van der Waals surface area (Å²) >= 11 is 0. The van der Waals surface area contributed by atoms with Gasteiger partial charge in [0, 0.05) is 18.7 Å². The van der Waals surface area contributed by atoms with Gasteiger partial charge in [0.2, 0.25) is 0 Å². The fourth-order valence-corrected chi connectivity index (χ4v) is 3.05. The Hall–Kier alpha value is -1.09. The quantitative estimate of drug-likeness (QED) is 0.797. The third-order valence-corrected chi connectivity index (χ3v) is 4.08. The first-order chi connectivity index (χ1) is 9.22. The first kappa shape index (κ1) is 14.3. The maximum absolute atomic E-state index is 12.4. The van der Waals surface area contributed by atoms with E-state index in [1.54, 1.807) is 0 Å². The predicted octanol–water partition coefficient (Wildman–Crippen LogP) is 3.42. The van der Waals surface area contributed by atoms with Crippen molar-refractivity contribution in [2.45, 2.75) is 52.0 Å². The molecule has 1 aliphatic heterocycles. The molecule has 0 saturated carbocycles. The van der Waals surface area contributed by atoms with Crippen molar-refractivity contribution in [2.24, 2.45) is 5.92 Å². The molecule has 1 aliphatic rings. The summed E-state index contributed by atoms with van der Waals surface area (Å²) in [5.41, 5.74) is 0.912. The second-order valence-electron chi connectivity index (χ2n) is 5.80. The molecular formula is C16H26N2O.